The number of carbonyl (C=O) groups is 1. The second-order valence-electron chi connectivity index (χ2n) is 3.86. The van der Waals surface area contributed by atoms with Gasteiger partial charge in [-0.3, -0.25) is 4.79 Å². The third kappa shape index (κ3) is 6.79. The maximum absolute atomic E-state index is 11.5. The lowest BCUT2D eigenvalue weighted by Crippen LogP contribution is -2.30. The molecule has 0 unspecified atom stereocenters. The van der Waals surface area contributed by atoms with E-state index in [1.807, 2.05) is 20.8 Å². The van der Waals surface area contributed by atoms with Gasteiger partial charge in [-0.1, -0.05) is 6.42 Å². The number of aliphatic hydroxyl groups is 1. The van der Waals surface area contributed by atoms with E-state index >= 15 is 0 Å². The molecule has 1 N–H and O–H groups in total. The first-order valence-corrected chi connectivity index (χ1v) is 6.45. The van der Waals surface area contributed by atoms with Gasteiger partial charge in [0.15, 0.2) is 0 Å². The zero-order chi connectivity index (χ0) is 11.7. The van der Waals surface area contributed by atoms with Gasteiger partial charge in [-0.2, -0.15) is 0 Å². The van der Waals surface area contributed by atoms with Crippen LogP contribution in [0.25, 0.3) is 0 Å². The van der Waals surface area contributed by atoms with Crippen LogP contribution in [0.1, 0.15) is 40.0 Å². The van der Waals surface area contributed by atoms with Gasteiger partial charge >= 0.3 is 5.97 Å². The lowest BCUT2D eigenvalue weighted by molar-refractivity contribution is -0.145. The summed E-state index contributed by atoms with van der Waals surface area (Å²) in [5.74, 6) is 0.795. The monoisotopic (exact) mass is 234 g/mol. The van der Waals surface area contributed by atoms with E-state index < -0.39 is 4.75 Å². The van der Waals surface area contributed by atoms with E-state index in [0.717, 1.165) is 25.0 Å². The van der Waals surface area contributed by atoms with Crippen LogP contribution < -0.4 is 0 Å². The average Bonchev–Trinajstić information content (AvgIpc) is 2.18. The molecular weight excluding hydrogens is 212 g/mol. The van der Waals surface area contributed by atoms with Crippen molar-refractivity contribution in [2.45, 2.75) is 44.8 Å². The number of ether oxygens (including phenoxy) is 1. The molecule has 0 spiro atoms. The molecule has 0 atom stereocenters. The Morgan fingerprint density at radius 1 is 1.33 bits per heavy atom. The molecule has 0 aromatic heterocycles. The van der Waals surface area contributed by atoms with Crippen molar-refractivity contribution in [2.75, 3.05) is 19.0 Å². The van der Waals surface area contributed by atoms with E-state index in [1.54, 1.807) is 11.8 Å². The molecule has 3 nitrogen and oxygen atoms in total. The van der Waals surface area contributed by atoms with E-state index in [0.29, 0.717) is 6.61 Å². The molecule has 0 amide bonds. The van der Waals surface area contributed by atoms with Crippen molar-refractivity contribution in [3.8, 4) is 0 Å². The van der Waals surface area contributed by atoms with Crippen molar-refractivity contribution in [2.24, 2.45) is 0 Å². The molecule has 0 aromatic carbocycles. The normalized spacial score (nSPS) is 11.5. The molecule has 90 valence electrons. The molecule has 0 saturated heterocycles. The van der Waals surface area contributed by atoms with E-state index in [-0.39, 0.29) is 12.6 Å². The van der Waals surface area contributed by atoms with E-state index in [4.69, 9.17) is 9.84 Å². The fourth-order valence-electron chi connectivity index (χ4n) is 1.08. The summed E-state index contributed by atoms with van der Waals surface area (Å²) in [6.07, 6.45) is 2.90. The van der Waals surface area contributed by atoms with Gasteiger partial charge in [-0.25, -0.2) is 0 Å². The smallest absolute Gasteiger partial charge is 0.321 e. The van der Waals surface area contributed by atoms with Crippen LogP contribution in [-0.4, -0.2) is 34.8 Å². The number of hydrogen-bond donors (Lipinski definition) is 1. The maximum atomic E-state index is 11.5. The Balaban J connectivity index is 3.68. The topological polar surface area (TPSA) is 46.5 Å². The summed E-state index contributed by atoms with van der Waals surface area (Å²) in [6, 6.07) is 0. The molecule has 0 heterocycles. The van der Waals surface area contributed by atoms with Crippen molar-refractivity contribution in [3.05, 3.63) is 0 Å². The molecule has 0 aliphatic heterocycles. The molecule has 0 radical (unpaired) electrons. The van der Waals surface area contributed by atoms with Crippen molar-refractivity contribution in [1.29, 1.82) is 0 Å². The molecule has 4 heteroatoms. The number of unbranched alkanes of at least 4 members (excludes halogenated alkanes) is 2. The zero-order valence-electron chi connectivity index (χ0n) is 9.91. The maximum Gasteiger partial charge on any atom is 0.321 e. The highest BCUT2D eigenvalue weighted by Crippen LogP contribution is 2.26. The van der Waals surface area contributed by atoms with Gasteiger partial charge in [-0.15, -0.1) is 11.8 Å². The minimum Gasteiger partial charge on any atom is -0.465 e. The summed E-state index contributed by atoms with van der Waals surface area (Å²) < 4.78 is 4.54. The third-order valence-corrected chi connectivity index (χ3v) is 3.41. The average molecular weight is 234 g/mol. The van der Waals surface area contributed by atoms with E-state index in [9.17, 15) is 4.79 Å². The quantitative estimate of drug-likeness (QED) is 0.517. The van der Waals surface area contributed by atoms with Gasteiger partial charge in [0.1, 0.15) is 4.75 Å². The fourth-order valence-corrected chi connectivity index (χ4v) is 2.12. The zero-order valence-corrected chi connectivity index (χ0v) is 10.7. The molecule has 0 saturated carbocycles. The van der Waals surface area contributed by atoms with Crippen LogP contribution in [0.3, 0.4) is 0 Å². The predicted molar refractivity (Wildman–Crippen MR) is 64.1 cm³/mol. The highest BCUT2D eigenvalue weighted by molar-refractivity contribution is 8.01. The standard InChI is InChI=1S/C11H22O3S/c1-4-14-10(13)11(2,3)15-9-7-5-6-8-12/h12H,4-9H2,1-3H3. The summed E-state index contributed by atoms with van der Waals surface area (Å²) in [5, 5.41) is 8.60. The molecule has 0 aromatic rings. The molecule has 0 aliphatic carbocycles. The lowest BCUT2D eigenvalue weighted by Gasteiger charge is -2.21. The van der Waals surface area contributed by atoms with Crippen LogP contribution in [-0.2, 0) is 9.53 Å². The third-order valence-electron chi connectivity index (χ3n) is 2.03. The Morgan fingerprint density at radius 3 is 2.53 bits per heavy atom. The Kier molecular flexibility index (Phi) is 7.88. The number of esters is 1. The molecule has 0 rings (SSSR count). The number of aliphatic hydroxyl groups excluding tert-OH is 1. The molecule has 0 fully saturated rings. The van der Waals surface area contributed by atoms with Crippen LogP contribution in [0.4, 0.5) is 0 Å². The van der Waals surface area contributed by atoms with Crippen LogP contribution in [0.15, 0.2) is 0 Å². The number of carbonyl (C=O) groups excluding carboxylic acids is 1. The summed E-state index contributed by atoms with van der Waals surface area (Å²) in [7, 11) is 0. The van der Waals surface area contributed by atoms with E-state index in [1.165, 1.54) is 0 Å². The number of thioether (sulfide) groups is 1. The number of rotatable bonds is 8. The Labute approximate surface area is 96.6 Å². The lowest BCUT2D eigenvalue weighted by atomic mass is 10.2. The highest BCUT2D eigenvalue weighted by atomic mass is 32.2. The van der Waals surface area contributed by atoms with Crippen molar-refractivity contribution in [3.63, 3.8) is 0 Å². The van der Waals surface area contributed by atoms with Crippen molar-refractivity contribution >= 4 is 17.7 Å². The van der Waals surface area contributed by atoms with Crippen molar-refractivity contribution in [1.82, 2.24) is 0 Å². The summed E-state index contributed by atoms with van der Waals surface area (Å²) in [5.41, 5.74) is 0. The predicted octanol–water partition coefficient (Wildman–Crippen LogP) is 2.22. The first-order valence-electron chi connectivity index (χ1n) is 5.46. The van der Waals surface area contributed by atoms with Crippen LogP contribution >= 0.6 is 11.8 Å². The minimum atomic E-state index is -0.449. The summed E-state index contributed by atoms with van der Waals surface area (Å²) in [4.78, 5) is 11.5. The summed E-state index contributed by atoms with van der Waals surface area (Å²) >= 11 is 1.62. The van der Waals surface area contributed by atoms with Crippen molar-refractivity contribution < 1.29 is 14.6 Å². The largest absolute Gasteiger partial charge is 0.465 e. The first-order chi connectivity index (χ1) is 7.04. The Bertz CT molecular complexity index is 181. The second kappa shape index (κ2) is 7.99. The minimum absolute atomic E-state index is 0.142. The molecule has 15 heavy (non-hydrogen) atoms. The first kappa shape index (κ1) is 14.8. The molecule has 0 aliphatic rings. The van der Waals surface area contributed by atoms with Gasteiger partial charge in [0.2, 0.25) is 0 Å². The Morgan fingerprint density at radius 2 is 2.00 bits per heavy atom. The molecular formula is C11H22O3S. The number of hydrogen-bond acceptors (Lipinski definition) is 4. The van der Waals surface area contributed by atoms with E-state index in [2.05, 4.69) is 0 Å². The van der Waals surface area contributed by atoms with Crippen LogP contribution in [0, 0.1) is 0 Å². The van der Waals surface area contributed by atoms with Gasteiger partial charge < -0.3 is 9.84 Å². The van der Waals surface area contributed by atoms with Crippen LogP contribution in [0.2, 0.25) is 0 Å². The van der Waals surface area contributed by atoms with Gasteiger partial charge in [0.05, 0.1) is 6.61 Å². The molecule has 0 bridgehead atoms. The second-order valence-corrected chi connectivity index (χ2v) is 5.58. The van der Waals surface area contributed by atoms with Gasteiger partial charge in [0, 0.05) is 6.61 Å². The Hall–Kier alpha value is -0.220. The van der Waals surface area contributed by atoms with Gasteiger partial charge in [0.25, 0.3) is 0 Å². The SMILES string of the molecule is CCOC(=O)C(C)(C)SCCCCCO. The highest BCUT2D eigenvalue weighted by Gasteiger charge is 2.29. The fraction of sp³-hybridized carbons (Fsp3) is 0.909. The van der Waals surface area contributed by atoms with Crippen LogP contribution in [0.5, 0.6) is 0 Å². The summed E-state index contributed by atoms with van der Waals surface area (Å²) in [6.45, 7) is 6.29. The van der Waals surface area contributed by atoms with Gasteiger partial charge in [-0.05, 0) is 39.4 Å².